The molecule has 0 aliphatic heterocycles. The van der Waals surface area contributed by atoms with Crippen molar-refractivity contribution < 1.29 is 14.4 Å². The number of benzene rings is 2. The smallest absolute Gasteiger partial charge is 0.258 e. The summed E-state index contributed by atoms with van der Waals surface area (Å²) in [4.78, 5) is 66.4. The van der Waals surface area contributed by atoms with Gasteiger partial charge in [-0.15, -0.1) is 46.7 Å². The number of aldehydes is 1. The molecule has 58 heavy (non-hydrogen) atoms. The average molecular weight is 965 g/mol. The monoisotopic (exact) mass is 963 g/mol. The molecule has 8 aromatic rings. The number of rotatable bonds is 10. The zero-order valence-electron chi connectivity index (χ0n) is 30.1. The fraction of sp³-hybridized carbons (Fsp3) is 0.0488. The molecule has 0 radical (unpaired) electrons. The Kier molecular flexibility index (Phi) is 15.4. The Balaban J connectivity index is 0.000000186. The second-order valence-corrected chi connectivity index (χ2v) is 15.4. The number of carbonyl (C=O) groups excluding carboxylic acids is 3. The highest BCUT2D eigenvalue weighted by Gasteiger charge is 2.11. The third-order valence-corrected chi connectivity index (χ3v) is 10.6. The van der Waals surface area contributed by atoms with Crippen LogP contribution in [0.4, 0.5) is 0 Å². The lowest BCUT2D eigenvalue weighted by Crippen LogP contribution is -2.15. The molecule has 0 atom stereocenters. The van der Waals surface area contributed by atoms with E-state index in [1.54, 1.807) is 81.3 Å². The molecule has 6 aromatic heterocycles. The summed E-state index contributed by atoms with van der Waals surface area (Å²) in [6.45, 7) is 0. The van der Waals surface area contributed by atoms with Crippen molar-refractivity contribution in [1.29, 1.82) is 0 Å². The van der Waals surface area contributed by atoms with E-state index in [2.05, 4.69) is 9.97 Å². The van der Waals surface area contributed by atoms with Crippen LogP contribution in [0.1, 0.15) is 41.9 Å². The Morgan fingerprint density at radius 3 is 1.55 bits per heavy atom. The number of Topliss-reactive ketones (excluding diaryl/α,β-unsaturated/α-hetero) is 1. The van der Waals surface area contributed by atoms with E-state index in [4.69, 9.17) is 28.9 Å². The predicted octanol–water partition coefficient (Wildman–Crippen LogP) is 8.51. The number of amides is 1. The highest BCUT2D eigenvalue weighted by Crippen LogP contribution is 2.23. The molecular weight excluding hydrogens is 932 g/mol. The van der Waals surface area contributed by atoms with Crippen LogP contribution in [0.15, 0.2) is 156 Å². The van der Waals surface area contributed by atoms with Crippen LogP contribution >= 0.6 is 69.9 Å². The highest BCUT2D eigenvalue weighted by atomic mass is 127. The van der Waals surface area contributed by atoms with E-state index in [1.807, 2.05) is 71.4 Å². The number of aryl methyl sites for hydroxylation is 1. The molecule has 8 rings (SSSR count). The first-order valence-electron chi connectivity index (χ1n) is 17.0. The molecule has 0 aliphatic rings. The van der Waals surface area contributed by atoms with Crippen molar-refractivity contribution in [2.24, 2.45) is 5.73 Å². The SMILES string of the molecule is I.NC(=O)c1ccc(Cl)s1.O=C(CCc1cn(-c2ccc(-n3ccccc3=O)cc2)cn1)c1ccc(Cl)s1.O=Cc1cn(-c2ccc(-n3ccccc3=O)cc2)cn1. The Morgan fingerprint density at radius 1 is 0.638 bits per heavy atom. The molecule has 0 saturated heterocycles. The summed E-state index contributed by atoms with van der Waals surface area (Å²) in [6.07, 6.45) is 12.0. The minimum atomic E-state index is -0.424. The van der Waals surface area contributed by atoms with Gasteiger partial charge in [-0.3, -0.25) is 33.1 Å². The maximum absolute atomic E-state index is 12.2. The number of carbonyl (C=O) groups is 3. The molecule has 12 nitrogen and oxygen atoms in total. The number of imidazole rings is 2. The fourth-order valence-electron chi connectivity index (χ4n) is 5.30. The van der Waals surface area contributed by atoms with Gasteiger partial charge in [-0.2, -0.15) is 0 Å². The standard InChI is InChI=1S/C21H16ClN3O2S.C15H11N3O2.C5H4ClNOS.HI/c22-20-11-10-19(28-20)18(26)9-4-15-13-24(14-23-15)16-5-7-17(8-6-16)25-12-2-1-3-21(25)27;19-10-12-9-17(11-16-12)13-4-6-14(7-5-13)18-8-2-1-3-15(18)20;6-4-2-1-3(9-4)5(7)8;/h1-3,5-8,10-14H,4,9H2;1-11H;1-2H,(H2,7,8);1H. The minimum Gasteiger partial charge on any atom is -0.365 e. The zero-order chi connectivity index (χ0) is 40.3. The van der Waals surface area contributed by atoms with Crippen molar-refractivity contribution in [2.75, 3.05) is 0 Å². The van der Waals surface area contributed by atoms with Crippen LogP contribution in [0.25, 0.3) is 22.7 Å². The summed E-state index contributed by atoms with van der Waals surface area (Å²) in [5.74, 6) is -0.351. The molecule has 2 N–H and O–H groups in total. The molecule has 6 heterocycles. The highest BCUT2D eigenvalue weighted by molar-refractivity contribution is 14.0. The maximum Gasteiger partial charge on any atom is 0.258 e. The molecule has 294 valence electrons. The molecule has 2 aromatic carbocycles. The van der Waals surface area contributed by atoms with Gasteiger partial charge in [-0.05, 0) is 91.3 Å². The Bertz CT molecular complexity index is 2750. The van der Waals surface area contributed by atoms with E-state index in [0.29, 0.717) is 43.2 Å². The first-order chi connectivity index (χ1) is 27.6. The Hall–Kier alpha value is -5.72. The van der Waals surface area contributed by atoms with Crippen molar-refractivity contribution >= 4 is 87.8 Å². The van der Waals surface area contributed by atoms with Crippen LogP contribution in [-0.4, -0.2) is 46.2 Å². The van der Waals surface area contributed by atoms with Crippen molar-refractivity contribution in [1.82, 2.24) is 28.2 Å². The maximum atomic E-state index is 12.2. The molecule has 0 fully saturated rings. The van der Waals surface area contributed by atoms with Gasteiger partial charge in [0.2, 0.25) is 0 Å². The summed E-state index contributed by atoms with van der Waals surface area (Å²) in [7, 11) is 0. The number of pyridine rings is 2. The summed E-state index contributed by atoms with van der Waals surface area (Å²) in [6, 6.07) is 31.9. The van der Waals surface area contributed by atoms with Gasteiger partial charge in [-0.1, -0.05) is 35.3 Å². The van der Waals surface area contributed by atoms with Gasteiger partial charge in [0, 0.05) is 66.1 Å². The van der Waals surface area contributed by atoms with E-state index in [9.17, 15) is 24.0 Å². The third kappa shape index (κ3) is 11.4. The van der Waals surface area contributed by atoms with Crippen molar-refractivity contribution in [2.45, 2.75) is 12.8 Å². The van der Waals surface area contributed by atoms with E-state index in [-0.39, 0.29) is 40.9 Å². The number of ketones is 1. The second-order valence-electron chi connectivity index (χ2n) is 11.9. The normalized spacial score (nSPS) is 10.3. The number of nitrogens with two attached hydrogens (primary N) is 1. The van der Waals surface area contributed by atoms with Gasteiger partial charge in [0.25, 0.3) is 17.0 Å². The number of hydrogen-bond acceptors (Lipinski definition) is 9. The molecular formula is C41H32Cl2IN7O5S2. The van der Waals surface area contributed by atoms with Gasteiger partial charge in [-0.25, -0.2) is 9.97 Å². The van der Waals surface area contributed by atoms with E-state index in [0.717, 1.165) is 28.4 Å². The lowest BCUT2D eigenvalue weighted by molar-refractivity contribution is 0.0983. The number of hydrogen-bond donors (Lipinski definition) is 1. The number of nitrogens with zero attached hydrogens (tertiary/aromatic N) is 6. The van der Waals surface area contributed by atoms with Gasteiger partial charge in [0.05, 0.1) is 30.4 Å². The summed E-state index contributed by atoms with van der Waals surface area (Å²) in [5, 5.41) is 0. The molecule has 0 spiro atoms. The van der Waals surface area contributed by atoms with Crippen LogP contribution in [0.2, 0.25) is 8.67 Å². The summed E-state index contributed by atoms with van der Waals surface area (Å²) >= 11 is 13.9. The lowest BCUT2D eigenvalue weighted by atomic mass is 10.1. The van der Waals surface area contributed by atoms with Crippen LogP contribution < -0.4 is 16.9 Å². The topological polar surface area (TPSA) is 157 Å². The molecule has 0 aliphatic carbocycles. The Labute approximate surface area is 366 Å². The van der Waals surface area contributed by atoms with E-state index >= 15 is 0 Å². The zero-order valence-corrected chi connectivity index (χ0v) is 35.6. The number of halogens is 3. The molecule has 0 unspecified atom stereocenters. The van der Waals surface area contributed by atoms with Gasteiger partial charge in [0.15, 0.2) is 12.1 Å². The van der Waals surface area contributed by atoms with Crippen molar-refractivity contribution in [3.8, 4) is 22.7 Å². The third-order valence-electron chi connectivity index (χ3n) is 8.13. The predicted molar refractivity (Wildman–Crippen MR) is 239 cm³/mol. The largest absolute Gasteiger partial charge is 0.365 e. The molecule has 17 heteroatoms. The van der Waals surface area contributed by atoms with E-state index < -0.39 is 5.91 Å². The first kappa shape index (κ1) is 43.4. The van der Waals surface area contributed by atoms with Crippen LogP contribution in [0.3, 0.4) is 0 Å². The minimum absolute atomic E-state index is 0. The van der Waals surface area contributed by atoms with Crippen LogP contribution in [-0.2, 0) is 6.42 Å². The number of thiophene rings is 2. The van der Waals surface area contributed by atoms with Crippen LogP contribution in [0, 0.1) is 0 Å². The van der Waals surface area contributed by atoms with Crippen LogP contribution in [0.5, 0.6) is 0 Å². The summed E-state index contributed by atoms with van der Waals surface area (Å²) in [5.41, 5.74) is 9.41. The molecule has 1 amide bonds. The lowest BCUT2D eigenvalue weighted by Gasteiger charge is -2.07. The first-order valence-corrected chi connectivity index (χ1v) is 19.4. The van der Waals surface area contributed by atoms with Crippen molar-refractivity contribution in [3.63, 3.8) is 0 Å². The number of aromatic nitrogens is 6. The van der Waals surface area contributed by atoms with Gasteiger partial charge >= 0.3 is 0 Å². The molecule has 0 saturated carbocycles. The van der Waals surface area contributed by atoms with Crippen molar-refractivity contribution in [3.05, 3.63) is 197 Å². The second kappa shape index (κ2) is 20.6. The molecule has 0 bridgehead atoms. The van der Waals surface area contributed by atoms with Gasteiger partial charge in [0.1, 0.15) is 12.0 Å². The summed E-state index contributed by atoms with van der Waals surface area (Å²) < 4.78 is 8.01. The average Bonchev–Trinajstić information content (AvgIpc) is 4.07. The van der Waals surface area contributed by atoms with Gasteiger partial charge < -0.3 is 14.9 Å². The quantitative estimate of drug-likeness (QED) is 0.0819. The number of primary amides is 1. The Morgan fingerprint density at radius 2 is 1.12 bits per heavy atom. The van der Waals surface area contributed by atoms with E-state index in [1.165, 1.54) is 34.8 Å². The fourth-order valence-corrected chi connectivity index (χ4v) is 7.21.